The maximum absolute atomic E-state index is 12.3. The van der Waals surface area contributed by atoms with Gasteiger partial charge in [0, 0.05) is 60.8 Å². The molecule has 40 heavy (non-hydrogen) atoms. The van der Waals surface area contributed by atoms with Gasteiger partial charge in [0.15, 0.2) is 0 Å². The van der Waals surface area contributed by atoms with Crippen LogP contribution in [0.2, 0.25) is 0 Å². The number of hydrogen-bond acceptors (Lipinski definition) is 8. The quantitative estimate of drug-likeness (QED) is 0.306. The van der Waals surface area contributed by atoms with E-state index in [1.165, 1.54) is 24.3 Å². The summed E-state index contributed by atoms with van der Waals surface area (Å²) in [6, 6.07) is 7.25. The minimum Gasteiger partial charge on any atom is -0.406 e. The van der Waals surface area contributed by atoms with E-state index in [-0.39, 0.29) is 11.1 Å². The van der Waals surface area contributed by atoms with Gasteiger partial charge in [-0.1, -0.05) is 0 Å². The third-order valence-electron chi connectivity index (χ3n) is 5.46. The molecule has 8 nitrogen and oxygen atoms in total. The van der Waals surface area contributed by atoms with Gasteiger partial charge in [0.1, 0.15) is 11.5 Å². The number of halogens is 8. The van der Waals surface area contributed by atoms with Gasteiger partial charge in [0.05, 0.1) is 26.4 Å². The zero-order chi connectivity index (χ0) is 29.5. The van der Waals surface area contributed by atoms with Crippen molar-refractivity contribution in [2.45, 2.75) is 12.7 Å². The van der Waals surface area contributed by atoms with Crippen molar-refractivity contribution in [3.05, 3.63) is 47.5 Å². The molecule has 0 aliphatic carbocycles. The summed E-state index contributed by atoms with van der Waals surface area (Å²) >= 11 is 10.7. The first-order chi connectivity index (χ1) is 18.7. The molecule has 2 aliphatic rings. The highest BCUT2D eigenvalue weighted by Gasteiger charge is 2.32. The molecule has 0 N–H and O–H groups in total. The van der Waals surface area contributed by atoms with Gasteiger partial charge in [-0.3, -0.25) is 9.59 Å². The Labute approximate surface area is 234 Å². The van der Waals surface area contributed by atoms with Crippen LogP contribution in [0.15, 0.2) is 36.4 Å². The second kappa shape index (κ2) is 13.6. The first kappa shape index (κ1) is 31.6. The fourth-order valence-corrected chi connectivity index (χ4v) is 4.01. The molecule has 4 rings (SSSR count). The lowest BCUT2D eigenvalue weighted by Gasteiger charge is -2.29. The maximum Gasteiger partial charge on any atom is 0.573 e. The largest absolute Gasteiger partial charge is 0.573 e. The van der Waals surface area contributed by atoms with Crippen molar-refractivity contribution in [1.82, 2.24) is 0 Å². The molecule has 220 valence electrons. The lowest BCUT2D eigenvalue weighted by atomic mass is 10.2. The average molecular weight is 619 g/mol. The molecule has 0 atom stereocenters. The van der Waals surface area contributed by atoms with E-state index >= 15 is 0 Å². The van der Waals surface area contributed by atoms with Crippen molar-refractivity contribution >= 4 is 45.1 Å². The summed E-state index contributed by atoms with van der Waals surface area (Å²) in [6.07, 6.45) is -9.65. The van der Waals surface area contributed by atoms with E-state index in [1.54, 1.807) is 9.80 Å². The molecular formula is C24H22Cl2F6N2O6. The van der Waals surface area contributed by atoms with E-state index < -0.39 is 34.7 Å². The lowest BCUT2D eigenvalue weighted by Crippen LogP contribution is -2.36. The van der Waals surface area contributed by atoms with E-state index in [0.717, 1.165) is 12.1 Å². The van der Waals surface area contributed by atoms with E-state index in [4.69, 9.17) is 32.7 Å². The van der Waals surface area contributed by atoms with Crippen molar-refractivity contribution in [3.63, 3.8) is 0 Å². The Bertz CT molecular complexity index is 1090. The van der Waals surface area contributed by atoms with Crippen LogP contribution in [0.3, 0.4) is 0 Å². The molecule has 2 fully saturated rings. The Hall–Kier alpha value is -2.94. The Morgan fingerprint density at radius 2 is 0.950 bits per heavy atom. The molecule has 2 aliphatic heterocycles. The third kappa shape index (κ3) is 10.2. The predicted molar refractivity (Wildman–Crippen MR) is 133 cm³/mol. The van der Waals surface area contributed by atoms with Crippen molar-refractivity contribution < 1.29 is 54.9 Å². The number of carbonyl (C=O) groups is 2. The second-order valence-electron chi connectivity index (χ2n) is 8.27. The zero-order valence-electron chi connectivity index (χ0n) is 20.5. The minimum atomic E-state index is -4.82. The molecule has 2 saturated heterocycles. The molecule has 2 aromatic rings. The number of carbonyl (C=O) groups excluding carboxylic acids is 2. The molecule has 2 heterocycles. The number of benzene rings is 2. The van der Waals surface area contributed by atoms with Gasteiger partial charge < -0.3 is 28.7 Å². The SMILES string of the molecule is O=C(Cl)c1cc(OC(F)(F)F)cc(N2CCOCC2)c1.O=C(Cl)c1cc(OC(F)(F)F)cc(N2CCOCC2)c1. The first-order valence-electron chi connectivity index (χ1n) is 11.6. The molecule has 0 unspecified atom stereocenters. The molecule has 0 amide bonds. The van der Waals surface area contributed by atoms with Crippen molar-refractivity contribution in [2.24, 2.45) is 0 Å². The molecule has 0 saturated carbocycles. The van der Waals surface area contributed by atoms with E-state index in [2.05, 4.69) is 9.47 Å². The van der Waals surface area contributed by atoms with Gasteiger partial charge in [0.2, 0.25) is 0 Å². The van der Waals surface area contributed by atoms with Gasteiger partial charge in [-0.05, 0) is 47.5 Å². The Balaban J connectivity index is 0.000000220. The van der Waals surface area contributed by atoms with Crippen LogP contribution in [-0.4, -0.2) is 75.8 Å². The van der Waals surface area contributed by atoms with Gasteiger partial charge in [-0.25, -0.2) is 0 Å². The van der Waals surface area contributed by atoms with Crippen molar-refractivity contribution in [2.75, 3.05) is 62.4 Å². The number of ether oxygens (including phenoxy) is 4. The fourth-order valence-electron chi connectivity index (χ4n) is 3.79. The summed E-state index contributed by atoms with van der Waals surface area (Å²) in [5.41, 5.74) is 0.794. The summed E-state index contributed by atoms with van der Waals surface area (Å²) < 4.78 is 91.7. The highest BCUT2D eigenvalue weighted by atomic mass is 35.5. The van der Waals surface area contributed by atoms with Crippen LogP contribution in [0, 0.1) is 0 Å². The third-order valence-corrected chi connectivity index (χ3v) is 5.89. The van der Waals surface area contributed by atoms with Crippen molar-refractivity contribution in [1.29, 1.82) is 0 Å². The van der Waals surface area contributed by atoms with Gasteiger partial charge in [-0.2, -0.15) is 0 Å². The normalized spacial score (nSPS) is 16.1. The van der Waals surface area contributed by atoms with Crippen LogP contribution in [0.25, 0.3) is 0 Å². The molecule has 0 bridgehead atoms. The van der Waals surface area contributed by atoms with E-state index in [0.29, 0.717) is 64.0 Å². The van der Waals surface area contributed by atoms with Crippen LogP contribution in [-0.2, 0) is 9.47 Å². The summed E-state index contributed by atoms with van der Waals surface area (Å²) in [6.45, 7) is 3.94. The number of hydrogen-bond donors (Lipinski definition) is 0. The second-order valence-corrected chi connectivity index (χ2v) is 8.96. The summed E-state index contributed by atoms with van der Waals surface area (Å²) in [5.74, 6) is -0.934. The standard InChI is InChI=1S/2C12H11ClF3NO3/c2*13-11(18)8-5-9(17-1-3-19-4-2-17)7-10(6-8)20-12(14,15)16/h2*5-7H,1-4H2. The molecular weight excluding hydrogens is 597 g/mol. The van der Waals surface area contributed by atoms with Gasteiger partial charge in [-0.15, -0.1) is 26.3 Å². The van der Waals surface area contributed by atoms with Crippen LogP contribution in [0.4, 0.5) is 37.7 Å². The minimum absolute atomic E-state index is 0.0464. The first-order valence-corrected chi connectivity index (χ1v) is 12.3. The van der Waals surface area contributed by atoms with E-state index in [1.807, 2.05) is 0 Å². The highest BCUT2D eigenvalue weighted by molar-refractivity contribution is 6.68. The van der Waals surface area contributed by atoms with Crippen LogP contribution >= 0.6 is 23.2 Å². The zero-order valence-corrected chi connectivity index (χ0v) is 22.0. The fraction of sp³-hybridized carbons (Fsp3) is 0.417. The lowest BCUT2D eigenvalue weighted by molar-refractivity contribution is -0.275. The Morgan fingerprint density at radius 3 is 1.23 bits per heavy atom. The van der Waals surface area contributed by atoms with Crippen LogP contribution in [0.5, 0.6) is 11.5 Å². The summed E-state index contributed by atoms with van der Waals surface area (Å²) in [4.78, 5) is 26.0. The topological polar surface area (TPSA) is 77.5 Å². The molecule has 2 aromatic carbocycles. The highest BCUT2D eigenvalue weighted by Crippen LogP contribution is 2.31. The molecule has 16 heteroatoms. The summed E-state index contributed by atoms with van der Waals surface area (Å²) in [5, 5.41) is -1.68. The molecule has 0 radical (unpaired) electrons. The number of nitrogens with zero attached hydrogens (tertiary/aromatic N) is 2. The molecule has 0 spiro atoms. The number of morpholine rings is 2. The number of rotatable bonds is 6. The monoisotopic (exact) mass is 618 g/mol. The van der Waals surface area contributed by atoms with Crippen LogP contribution in [0.1, 0.15) is 20.7 Å². The van der Waals surface area contributed by atoms with Gasteiger partial charge in [0.25, 0.3) is 10.5 Å². The Morgan fingerprint density at radius 1 is 0.625 bits per heavy atom. The average Bonchev–Trinajstić information content (AvgIpc) is 2.87. The maximum atomic E-state index is 12.3. The Kier molecular flexibility index (Phi) is 10.8. The van der Waals surface area contributed by atoms with Crippen LogP contribution < -0.4 is 19.3 Å². The number of alkyl halides is 6. The molecule has 0 aromatic heterocycles. The number of anilines is 2. The predicted octanol–water partition coefficient (Wildman–Crippen LogP) is 5.60. The van der Waals surface area contributed by atoms with Crippen molar-refractivity contribution in [3.8, 4) is 11.5 Å². The summed E-state index contributed by atoms with van der Waals surface area (Å²) in [7, 11) is 0. The smallest absolute Gasteiger partial charge is 0.406 e. The van der Waals surface area contributed by atoms with Gasteiger partial charge >= 0.3 is 12.7 Å². The van der Waals surface area contributed by atoms with E-state index in [9.17, 15) is 35.9 Å².